The summed E-state index contributed by atoms with van der Waals surface area (Å²) in [4.78, 5) is 41.7. The maximum absolute atomic E-state index is 12.5. The van der Waals surface area contributed by atoms with Gasteiger partial charge in [-0.1, -0.05) is 0 Å². The van der Waals surface area contributed by atoms with Crippen molar-refractivity contribution in [1.82, 2.24) is 9.55 Å². The summed E-state index contributed by atoms with van der Waals surface area (Å²) in [6.45, 7) is 7.03. The van der Waals surface area contributed by atoms with Gasteiger partial charge >= 0.3 is 196 Å². The number of aromatic nitrogens is 2. The summed E-state index contributed by atoms with van der Waals surface area (Å²) in [5.74, 6) is -0.895. The summed E-state index contributed by atoms with van der Waals surface area (Å²) >= 11 is -1.19. The summed E-state index contributed by atoms with van der Waals surface area (Å²) < 4.78 is 12.5. The van der Waals surface area contributed by atoms with E-state index in [-0.39, 0.29) is 16.4 Å². The van der Waals surface area contributed by atoms with Crippen molar-refractivity contribution in [2.75, 3.05) is 5.32 Å². The number of aryl methyl sites for hydroxylation is 1. The van der Waals surface area contributed by atoms with Crippen LogP contribution in [0.25, 0.3) is 16.5 Å². The van der Waals surface area contributed by atoms with Crippen LogP contribution in [0.15, 0.2) is 39.9 Å². The molecule has 4 rings (SSSR count). The zero-order valence-corrected chi connectivity index (χ0v) is 20.7. The molecule has 1 aliphatic carbocycles. The third-order valence-corrected chi connectivity index (χ3v) is 7.53. The first-order valence-electron chi connectivity index (χ1n) is 10.4. The third-order valence-electron chi connectivity index (χ3n) is 5.13. The quantitative estimate of drug-likeness (QED) is 0.522. The summed E-state index contributed by atoms with van der Waals surface area (Å²) in [5, 5.41) is 13.1. The van der Waals surface area contributed by atoms with E-state index in [2.05, 4.69) is 16.4 Å². The van der Waals surface area contributed by atoms with Crippen molar-refractivity contribution in [3.63, 3.8) is 0 Å². The van der Waals surface area contributed by atoms with Crippen LogP contribution in [0.1, 0.15) is 32.9 Å². The van der Waals surface area contributed by atoms with Crippen LogP contribution in [0.5, 0.6) is 0 Å². The number of benzene rings is 1. The van der Waals surface area contributed by atoms with Gasteiger partial charge in [-0.2, -0.15) is 0 Å². The Morgan fingerprint density at radius 2 is 2.09 bits per heavy atom. The number of nitriles is 1. The molecule has 2 aromatic heterocycles. The first kappa shape index (κ1) is 22.8. The van der Waals surface area contributed by atoms with Gasteiger partial charge in [-0.3, -0.25) is 0 Å². The molecule has 0 spiro atoms. The number of rotatable bonds is 5. The molecule has 1 saturated carbocycles. The zero-order chi connectivity index (χ0) is 23.9. The van der Waals surface area contributed by atoms with Gasteiger partial charge in [0.2, 0.25) is 0 Å². The Morgan fingerprint density at radius 1 is 1.33 bits per heavy atom. The number of oxazole rings is 1. The average Bonchev–Trinajstić information content (AvgIpc) is 3.44. The van der Waals surface area contributed by atoms with Gasteiger partial charge in [0, 0.05) is 0 Å². The number of fused-ring (bicyclic) bond motifs is 1. The molecule has 3 atom stereocenters. The first-order chi connectivity index (χ1) is 15.6. The monoisotopic (exact) mass is 510 g/mol. The van der Waals surface area contributed by atoms with E-state index in [1.807, 2.05) is 0 Å². The Hall–Kier alpha value is -3.37. The van der Waals surface area contributed by atoms with Crippen LogP contribution in [0.4, 0.5) is 10.5 Å². The molecule has 0 radical (unpaired) electrons. The van der Waals surface area contributed by atoms with E-state index in [0.29, 0.717) is 38.7 Å². The number of pyridine rings is 1. The van der Waals surface area contributed by atoms with Gasteiger partial charge in [-0.15, -0.1) is 0 Å². The maximum atomic E-state index is 12.5. The van der Waals surface area contributed by atoms with Gasteiger partial charge in [0.1, 0.15) is 0 Å². The number of ether oxygens (including phenoxy) is 1. The van der Waals surface area contributed by atoms with E-state index in [0.717, 1.165) is 0 Å². The van der Waals surface area contributed by atoms with E-state index >= 15 is 0 Å². The van der Waals surface area contributed by atoms with Crippen LogP contribution in [0.3, 0.4) is 0 Å². The molecule has 0 aliphatic heterocycles. The number of hydrogen-bond donors (Lipinski definition) is 1. The molecule has 9 nitrogen and oxygen atoms in total. The molecule has 2 heterocycles. The minimum atomic E-state index is -1.19. The fourth-order valence-corrected chi connectivity index (χ4v) is 5.83. The Morgan fingerprint density at radius 3 is 2.70 bits per heavy atom. The first-order valence-corrected chi connectivity index (χ1v) is 12.5. The number of nitrogens with one attached hydrogen (secondary N) is 1. The fourth-order valence-electron chi connectivity index (χ4n) is 3.50. The number of anilines is 1. The number of amides is 1. The van der Waals surface area contributed by atoms with E-state index < -0.39 is 33.2 Å². The predicted molar refractivity (Wildman–Crippen MR) is 123 cm³/mol. The third kappa shape index (κ3) is 5.01. The number of hydrogen-bond acceptors (Lipinski definition) is 7. The molecular weight excluding hydrogens is 487 g/mol. The van der Waals surface area contributed by atoms with Gasteiger partial charge in [-0.25, -0.2) is 0 Å². The molecule has 1 N–H and O–H groups in total. The standard InChI is InChI=1S/C23H23AsN4O5/c1-12-11-32-22(31)28(12)15-5-13-7-19(24-20(29)16-6-14(16)9-25)26-10-17(13)18(8-15)27-21(30)33-23(2,3)4/h5,7-8,10-11,14,16,24H,6H2,1-4H3,(H,27,30). The Labute approximate surface area is 196 Å². The molecule has 1 fully saturated rings. The second-order valence-electron chi connectivity index (χ2n) is 8.96. The van der Waals surface area contributed by atoms with Crippen LogP contribution >= 0.6 is 0 Å². The van der Waals surface area contributed by atoms with E-state index in [9.17, 15) is 14.4 Å². The second-order valence-corrected chi connectivity index (χ2v) is 11.6. The van der Waals surface area contributed by atoms with Crippen molar-refractivity contribution in [1.29, 1.82) is 5.26 Å². The Kier molecular flexibility index (Phi) is 5.89. The van der Waals surface area contributed by atoms with Crippen LogP contribution in [-0.2, 0) is 9.53 Å². The summed E-state index contributed by atoms with van der Waals surface area (Å²) in [7, 11) is 0. The Balaban J connectivity index is 1.75. The van der Waals surface area contributed by atoms with Gasteiger partial charge in [0.05, 0.1) is 0 Å². The molecular formula is C23H23AsN4O5. The van der Waals surface area contributed by atoms with E-state index in [1.165, 1.54) is 10.8 Å². The molecule has 1 amide bonds. The molecule has 10 heteroatoms. The van der Waals surface area contributed by atoms with Crippen LogP contribution in [-0.4, -0.2) is 41.6 Å². The van der Waals surface area contributed by atoms with Gasteiger partial charge in [0.25, 0.3) is 0 Å². The van der Waals surface area contributed by atoms with Gasteiger partial charge in [0.15, 0.2) is 0 Å². The molecule has 0 bridgehead atoms. The van der Waals surface area contributed by atoms with Crippen molar-refractivity contribution in [2.45, 2.75) is 39.7 Å². The van der Waals surface area contributed by atoms with Crippen molar-refractivity contribution >= 4 is 47.4 Å². The molecule has 1 aromatic carbocycles. The van der Waals surface area contributed by atoms with E-state index in [4.69, 9.17) is 14.4 Å². The fraction of sp³-hybridized carbons (Fsp3) is 0.348. The Bertz CT molecular complexity index is 1360. The molecule has 3 aromatic rings. The van der Waals surface area contributed by atoms with Crippen molar-refractivity contribution in [2.24, 2.45) is 11.8 Å². The average molecular weight is 510 g/mol. The normalized spacial score (nSPS) is 17.8. The van der Waals surface area contributed by atoms with Gasteiger partial charge in [-0.05, 0) is 0 Å². The SMILES string of the molecule is Cc1coc(=O)n1-c1cc(NC(=O)OC(C)(C)C)c2cnc([AsH]C(=O)C3CC3C#N)cc2c1. The zero-order valence-electron chi connectivity index (χ0n) is 18.6. The number of nitrogens with zero attached hydrogens (tertiary/aromatic N) is 3. The second kappa shape index (κ2) is 8.53. The predicted octanol–water partition coefficient (Wildman–Crippen LogP) is 2.38. The molecule has 3 unspecified atom stereocenters. The van der Waals surface area contributed by atoms with E-state index in [1.54, 1.807) is 52.1 Å². The molecule has 170 valence electrons. The minimum absolute atomic E-state index is 0.110. The number of carbonyl (C=O) groups excluding carboxylic acids is 2. The van der Waals surface area contributed by atoms with Crippen LogP contribution in [0.2, 0.25) is 0 Å². The van der Waals surface area contributed by atoms with Crippen molar-refractivity contribution in [3.05, 3.63) is 46.9 Å². The van der Waals surface area contributed by atoms with Crippen LogP contribution in [0, 0.1) is 30.1 Å². The molecule has 33 heavy (non-hydrogen) atoms. The summed E-state index contributed by atoms with van der Waals surface area (Å²) in [5.41, 5.74) is 0.828. The number of carbonyl (C=O) groups is 2. The van der Waals surface area contributed by atoms with Crippen LogP contribution < -0.4 is 15.6 Å². The van der Waals surface area contributed by atoms with Gasteiger partial charge < -0.3 is 0 Å². The molecule has 0 saturated heterocycles. The summed E-state index contributed by atoms with van der Waals surface area (Å²) in [6.07, 6.45) is 2.96. The van der Waals surface area contributed by atoms with Crippen molar-refractivity contribution < 1.29 is 18.7 Å². The summed E-state index contributed by atoms with van der Waals surface area (Å²) in [6, 6.07) is 7.39. The van der Waals surface area contributed by atoms with Crippen molar-refractivity contribution in [3.8, 4) is 11.8 Å². The topological polar surface area (TPSA) is 127 Å². The molecule has 1 aliphatic rings.